The molecule has 34 heavy (non-hydrogen) atoms. The standard InChI is InChI=1S/C30H46O4/c1-18-7-12-29-14-13-28(6)27(5)11-8-20-25(3,10-9-22(32)26(20,4)16-31)21(27)15-23(33)30(28,34-17-29)24(29)19(18)2/h16,18-22,24,32H,7-15,17H2,1-6H3/t18-,19+,20-,21-,22+,24-,25+,26+,27-,28+,29-,30-/m1/s1. The number of ether oxygens (including phenoxy) is 1. The Morgan fingerprint density at radius 1 is 0.941 bits per heavy atom. The van der Waals surface area contributed by atoms with Gasteiger partial charge in [0.25, 0.3) is 0 Å². The highest BCUT2D eigenvalue weighted by Crippen LogP contribution is 2.79. The second kappa shape index (κ2) is 6.77. The quantitative estimate of drug-likeness (QED) is 0.507. The smallest absolute Gasteiger partial charge is 0.165 e. The highest BCUT2D eigenvalue weighted by Gasteiger charge is 2.81. The van der Waals surface area contributed by atoms with Gasteiger partial charge in [-0.2, -0.15) is 0 Å². The number of aldehydes is 1. The first-order valence-electron chi connectivity index (χ1n) is 14.2. The summed E-state index contributed by atoms with van der Waals surface area (Å²) >= 11 is 0. The molecule has 1 saturated heterocycles. The van der Waals surface area contributed by atoms with Gasteiger partial charge in [-0.3, -0.25) is 4.79 Å². The van der Waals surface area contributed by atoms with Crippen molar-refractivity contribution in [3.63, 3.8) is 0 Å². The molecule has 0 aromatic heterocycles. The van der Waals surface area contributed by atoms with Gasteiger partial charge in [0.1, 0.15) is 11.9 Å². The Hall–Kier alpha value is -0.740. The van der Waals surface area contributed by atoms with Gasteiger partial charge < -0.3 is 14.6 Å². The molecule has 5 aliphatic carbocycles. The monoisotopic (exact) mass is 470 g/mol. The number of fused-ring (bicyclic) bond motifs is 4. The number of Topliss-reactive ketones (excluding diaryl/α,β-unsaturated/α-hetero) is 1. The molecule has 0 aromatic carbocycles. The molecule has 0 aromatic rings. The third-order valence-electron chi connectivity index (χ3n) is 14.2. The van der Waals surface area contributed by atoms with Crippen LogP contribution in [0.25, 0.3) is 0 Å². The summed E-state index contributed by atoms with van der Waals surface area (Å²) in [6.45, 7) is 14.8. The third kappa shape index (κ3) is 2.27. The van der Waals surface area contributed by atoms with Crippen molar-refractivity contribution in [3.05, 3.63) is 0 Å². The van der Waals surface area contributed by atoms with E-state index in [-0.39, 0.29) is 33.5 Å². The molecule has 4 nitrogen and oxygen atoms in total. The van der Waals surface area contributed by atoms with Crippen LogP contribution in [0.5, 0.6) is 0 Å². The number of aliphatic hydroxyl groups excluding tert-OH is 1. The number of aliphatic hydroxyl groups is 1. The van der Waals surface area contributed by atoms with Gasteiger partial charge >= 0.3 is 0 Å². The van der Waals surface area contributed by atoms with Gasteiger partial charge in [0.15, 0.2) is 5.78 Å². The lowest BCUT2D eigenvalue weighted by atomic mass is 9.30. The molecule has 190 valence electrons. The molecule has 6 aliphatic rings. The zero-order chi connectivity index (χ0) is 24.5. The van der Waals surface area contributed by atoms with E-state index in [1.54, 1.807) is 0 Å². The van der Waals surface area contributed by atoms with E-state index in [4.69, 9.17) is 4.74 Å². The van der Waals surface area contributed by atoms with Crippen LogP contribution in [0.1, 0.15) is 99.3 Å². The van der Waals surface area contributed by atoms with Gasteiger partial charge in [-0.1, -0.05) is 41.5 Å². The molecule has 6 rings (SSSR count). The molecule has 12 atom stereocenters. The second-order valence-electron chi connectivity index (χ2n) is 14.8. The molecule has 1 heterocycles. The van der Waals surface area contributed by atoms with Crippen molar-refractivity contribution < 1.29 is 19.4 Å². The van der Waals surface area contributed by atoms with Crippen molar-refractivity contribution >= 4 is 12.1 Å². The van der Waals surface area contributed by atoms with Crippen molar-refractivity contribution in [1.82, 2.24) is 0 Å². The van der Waals surface area contributed by atoms with Crippen molar-refractivity contribution in [2.24, 2.45) is 56.7 Å². The summed E-state index contributed by atoms with van der Waals surface area (Å²) in [6, 6.07) is 0. The average Bonchev–Trinajstić information content (AvgIpc) is 3.09. The van der Waals surface area contributed by atoms with Crippen LogP contribution in [-0.2, 0) is 14.3 Å². The maximum atomic E-state index is 14.6. The summed E-state index contributed by atoms with van der Waals surface area (Å²) in [6.07, 6.45) is 9.32. The third-order valence-corrected chi connectivity index (χ3v) is 14.2. The fourth-order valence-electron chi connectivity index (χ4n) is 11.8. The van der Waals surface area contributed by atoms with Gasteiger partial charge in [0.2, 0.25) is 0 Å². The number of carbonyl (C=O) groups is 2. The summed E-state index contributed by atoms with van der Waals surface area (Å²) in [5.41, 5.74) is -1.47. The van der Waals surface area contributed by atoms with E-state index in [2.05, 4.69) is 34.6 Å². The van der Waals surface area contributed by atoms with Crippen LogP contribution in [0, 0.1) is 56.7 Å². The summed E-state index contributed by atoms with van der Waals surface area (Å²) in [5.74, 6) is 2.22. The van der Waals surface area contributed by atoms with Crippen molar-refractivity contribution in [2.75, 3.05) is 6.61 Å². The Kier molecular flexibility index (Phi) is 4.71. The molecule has 0 amide bonds. The van der Waals surface area contributed by atoms with Crippen LogP contribution in [0.4, 0.5) is 0 Å². The Labute approximate surface area is 206 Å². The molecule has 1 aliphatic heterocycles. The van der Waals surface area contributed by atoms with Crippen molar-refractivity contribution in [3.8, 4) is 0 Å². The molecule has 0 radical (unpaired) electrons. The van der Waals surface area contributed by atoms with Crippen LogP contribution in [-0.4, -0.2) is 35.5 Å². The van der Waals surface area contributed by atoms with Gasteiger partial charge in [-0.25, -0.2) is 0 Å². The highest BCUT2D eigenvalue weighted by atomic mass is 16.5. The number of carbonyl (C=O) groups excluding carboxylic acids is 2. The first-order chi connectivity index (χ1) is 15.9. The van der Waals surface area contributed by atoms with Crippen LogP contribution in [0.15, 0.2) is 0 Å². The van der Waals surface area contributed by atoms with E-state index < -0.39 is 17.1 Å². The maximum absolute atomic E-state index is 14.6. The summed E-state index contributed by atoms with van der Waals surface area (Å²) in [7, 11) is 0. The van der Waals surface area contributed by atoms with Gasteiger partial charge in [-0.15, -0.1) is 0 Å². The summed E-state index contributed by atoms with van der Waals surface area (Å²) < 4.78 is 6.96. The predicted molar refractivity (Wildman–Crippen MR) is 131 cm³/mol. The Bertz CT molecular complexity index is 931. The van der Waals surface area contributed by atoms with Crippen LogP contribution < -0.4 is 0 Å². The lowest BCUT2D eigenvalue weighted by molar-refractivity contribution is -0.271. The van der Waals surface area contributed by atoms with Crippen molar-refractivity contribution in [2.45, 2.75) is 111 Å². The van der Waals surface area contributed by atoms with Crippen molar-refractivity contribution in [1.29, 1.82) is 0 Å². The molecule has 1 N–H and O–H groups in total. The number of ketones is 1. The topological polar surface area (TPSA) is 63.6 Å². The largest absolute Gasteiger partial charge is 0.392 e. The molecule has 2 bridgehead atoms. The maximum Gasteiger partial charge on any atom is 0.165 e. The zero-order valence-electron chi connectivity index (χ0n) is 22.3. The minimum atomic E-state index is -0.716. The van der Waals surface area contributed by atoms with E-state index in [9.17, 15) is 14.7 Å². The molecule has 0 unspecified atom stereocenters. The molecule has 1 spiro atoms. The van der Waals surface area contributed by atoms with E-state index in [1.807, 2.05) is 6.92 Å². The summed E-state index contributed by atoms with van der Waals surface area (Å²) in [4.78, 5) is 26.9. The lowest BCUT2D eigenvalue weighted by Crippen LogP contribution is -2.75. The number of hydrogen-bond donors (Lipinski definition) is 1. The zero-order valence-corrected chi connectivity index (χ0v) is 22.3. The second-order valence-corrected chi connectivity index (χ2v) is 14.8. The van der Waals surface area contributed by atoms with E-state index in [1.165, 1.54) is 19.3 Å². The normalized spacial score (nSPS) is 62.7. The SMILES string of the molecule is C[C@H]1[C@H](C)CC[C@@]23CC[C@]4(C)[C@@](OC2)(C(=O)C[C@@H]2[C@@]5(C)CC[C@H](O)[C@@](C)(C=O)[C@@H]5CC[C@]24C)[C@H]13. The number of hydrogen-bond acceptors (Lipinski definition) is 4. The minimum absolute atomic E-state index is 0.00481. The van der Waals surface area contributed by atoms with Gasteiger partial charge in [0.05, 0.1) is 18.1 Å². The fraction of sp³-hybridized carbons (Fsp3) is 0.933. The first kappa shape index (κ1) is 23.6. The van der Waals surface area contributed by atoms with Gasteiger partial charge in [0, 0.05) is 23.2 Å². The summed E-state index contributed by atoms with van der Waals surface area (Å²) in [5, 5.41) is 10.9. The Balaban J connectivity index is 1.49. The molecule has 4 heteroatoms. The molecule has 5 saturated carbocycles. The van der Waals surface area contributed by atoms with Crippen LogP contribution in [0.3, 0.4) is 0 Å². The fourth-order valence-corrected chi connectivity index (χ4v) is 11.8. The van der Waals surface area contributed by atoms with Gasteiger partial charge in [-0.05, 0) is 85.9 Å². The highest BCUT2D eigenvalue weighted by molar-refractivity contribution is 5.91. The van der Waals surface area contributed by atoms with E-state index in [0.717, 1.165) is 38.6 Å². The first-order valence-corrected chi connectivity index (χ1v) is 14.2. The molecular formula is C30H46O4. The van der Waals surface area contributed by atoms with E-state index in [0.29, 0.717) is 36.4 Å². The minimum Gasteiger partial charge on any atom is -0.392 e. The molecular weight excluding hydrogens is 424 g/mol. The Morgan fingerprint density at radius 2 is 1.68 bits per heavy atom. The molecule has 6 fully saturated rings. The van der Waals surface area contributed by atoms with Crippen LogP contribution >= 0.6 is 0 Å². The Morgan fingerprint density at radius 3 is 2.38 bits per heavy atom. The van der Waals surface area contributed by atoms with Crippen LogP contribution in [0.2, 0.25) is 0 Å². The predicted octanol–water partition coefficient (Wildman–Crippen LogP) is 5.60. The number of rotatable bonds is 1. The average molecular weight is 471 g/mol. The van der Waals surface area contributed by atoms with E-state index >= 15 is 0 Å². The lowest BCUT2D eigenvalue weighted by Gasteiger charge is -2.73.